The van der Waals surface area contributed by atoms with Crippen molar-refractivity contribution >= 4 is 39.4 Å². The minimum absolute atomic E-state index is 0.0352. The van der Waals surface area contributed by atoms with Gasteiger partial charge < -0.3 is 5.11 Å². The van der Waals surface area contributed by atoms with E-state index >= 15 is 0 Å². The molecule has 1 aromatic carbocycles. The van der Waals surface area contributed by atoms with Crippen LogP contribution in [-0.2, 0) is 9.59 Å². The molecule has 2 unspecified atom stereocenters. The van der Waals surface area contributed by atoms with Gasteiger partial charge in [0.15, 0.2) is 0 Å². The molecule has 0 bridgehead atoms. The highest BCUT2D eigenvalue weighted by molar-refractivity contribution is 9.10. The van der Waals surface area contributed by atoms with E-state index in [1.165, 1.54) is 12.1 Å². The maximum absolute atomic E-state index is 12.5. The van der Waals surface area contributed by atoms with E-state index < -0.39 is 5.97 Å². The highest BCUT2D eigenvalue weighted by atomic mass is 79.9. The van der Waals surface area contributed by atoms with Crippen molar-refractivity contribution in [3.05, 3.63) is 40.4 Å². The second-order valence-electron chi connectivity index (χ2n) is 5.17. The second kappa shape index (κ2) is 5.11. The molecule has 1 N–H and O–H groups in total. The number of halogens is 1. The van der Waals surface area contributed by atoms with Crippen LogP contribution in [0.2, 0.25) is 0 Å². The number of benzene rings is 1. The number of amides is 2. The van der Waals surface area contributed by atoms with E-state index in [1.54, 1.807) is 6.07 Å². The number of hydrogen-bond acceptors (Lipinski definition) is 3. The molecular formula is C15H12BrNO4. The SMILES string of the molecule is O=C(O)c1cc(Br)cc(N2C(=O)C3CC=CCC3C2=O)c1. The van der Waals surface area contributed by atoms with Gasteiger partial charge in [-0.15, -0.1) is 0 Å². The molecule has 6 heteroatoms. The average Bonchev–Trinajstić information content (AvgIpc) is 2.71. The quantitative estimate of drug-likeness (QED) is 0.657. The van der Waals surface area contributed by atoms with Crippen molar-refractivity contribution < 1.29 is 19.5 Å². The van der Waals surface area contributed by atoms with Gasteiger partial charge in [0.25, 0.3) is 0 Å². The number of rotatable bonds is 2. The van der Waals surface area contributed by atoms with Crippen LogP contribution in [-0.4, -0.2) is 22.9 Å². The summed E-state index contributed by atoms with van der Waals surface area (Å²) in [6.45, 7) is 0. The number of carbonyl (C=O) groups is 3. The van der Waals surface area contributed by atoms with Crippen molar-refractivity contribution in [2.24, 2.45) is 11.8 Å². The standard InChI is InChI=1S/C15H12BrNO4/c16-9-5-8(15(20)21)6-10(7-9)17-13(18)11-3-1-2-4-12(11)14(17)19/h1-2,5-7,11-12H,3-4H2,(H,20,21). The Labute approximate surface area is 129 Å². The van der Waals surface area contributed by atoms with E-state index in [9.17, 15) is 14.4 Å². The summed E-state index contributed by atoms with van der Waals surface area (Å²) >= 11 is 3.22. The fourth-order valence-corrected chi connectivity index (χ4v) is 3.36. The third kappa shape index (κ3) is 2.29. The Morgan fingerprint density at radius 2 is 1.67 bits per heavy atom. The summed E-state index contributed by atoms with van der Waals surface area (Å²) in [7, 11) is 0. The molecule has 3 rings (SSSR count). The largest absolute Gasteiger partial charge is 0.478 e. The Morgan fingerprint density at radius 1 is 1.10 bits per heavy atom. The molecule has 0 saturated carbocycles. The average molecular weight is 350 g/mol. The lowest BCUT2D eigenvalue weighted by Crippen LogP contribution is -2.31. The van der Waals surface area contributed by atoms with E-state index in [1.807, 2.05) is 12.2 Å². The zero-order chi connectivity index (χ0) is 15.1. The normalized spacial score (nSPS) is 24.3. The number of anilines is 1. The first kappa shape index (κ1) is 14.0. The number of imide groups is 1. The smallest absolute Gasteiger partial charge is 0.335 e. The number of hydrogen-bond donors (Lipinski definition) is 1. The van der Waals surface area contributed by atoms with Gasteiger partial charge in [0.2, 0.25) is 11.8 Å². The summed E-state index contributed by atoms with van der Waals surface area (Å²) in [5.41, 5.74) is 0.346. The molecule has 21 heavy (non-hydrogen) atoms. The van der Waals surface area contributed by atoms with Crippen molar-refractivity contribution in [2.45, 2.75) is 12.8 Å². The van der Waals surface area contributed by atoms with Gasteiger partial charge in [0, 0.05) is 4.47 Å². The van der Waals surface area contributed by atoms with Crippen molar-refractivity contribution in [3.63, 3.8) is 0 Å². The summed E-state index contributed by atoms with van der Waals surface area (Å²) in [6, 6.07) is 4.38. The Bertz CT molecular complexity index is 656. The minimum atomic E-state index is -1.10. The number of carboxylic acids is 1. The topological polar surface area (TPSA) is 74.7 Å². The molecule has 2 amide bonds. The van der Waals surface area contributed by atoms with Gasteiger partial charge in [-0.3, -0.25) is 9.59 Å². The number of carbonyl (C=O) groups excluding carboxylic acids is 2. The Morgan fingerprint density at radius 3 is 2.19 bits per heavy atom. The summed E-state index contributed by atoms with van der Waals surface area (Å²) in [5, 5.41) is 9.10. The molecule has 1 aromatic rings. The van der Waals surface area contributed by atoms with Gasteiger partial charge in [-0.1, -0.05) is 28.1 Å². The zero-order valence-corrected chi connectivity index (χ0v) is 12.5. The third-order valence-electron chi connectivity index (χ3n) is 3.90. The molecule has 2 aliphatic rings. The summed E-state index contributed by atoms with van der Waals surface area (Å²) in [4.78, 5) is 37.1. The van der Waals surface area contributed by atoms with Crippen LogP contribution in [0, 0.1) is 11.8 Å². The Kier molecular flexibility index (Phi) is 3.41. The van der Waals surface area contributed by atoms with E-state index in [0.717, 1.165) is 4.90 Å². The second-order valence-corrected chi connectivity index (χ2v) is 6.09. The Balaban J connectivity index is 2.03. The number of fused-ring (bicyclic) bond motifs is 1. The van der Waals surface area contributed by atoms with Gasteiger partial charge in [-0.25, -0.2) is 9.69 Å². The van der Waals surface area contributed by atoms with Crippen LogP contribution in [0.3, 0.4) is 0 Å². The molecule has 2 atom stereocenters. The first-order valence-electron chi connectivity index (χ1n) is 6.55. The molecule has 5 nitrogen and oxygen atoms in total. The highest BCUT2D eigenvalue weighted by Crippen LogP contribution is 2.38. The lowest BCUT2D eigenvalue weighted by molar-refractivity contribution is -0.122. The van der Waals surface area contributed by atoms with Gasteiger partial charge in [-0.2, -0.15) is 0 Å². The summed E-state index contributed by atoms with van der Waals surface area (Å²) in [6.07, 6.45) is 4.95. The van der Waals surface area contributed by atoms with E-state index in [4.69, 9.17) is 5.11 Å². The molecule has 0 spiro atoms. The Hall–Kier alpha value is -1.95. The molecular weight excluding hydrogens is 338 g/mol. The number of nitrogens with zero attached hydrogens (tertiary/aromatic N) is 1. The van der Waals surface area contributed by atoms with Crippen LogP contribution >= 0.6 is 15.9 Å². The van der Waals surface area contributed by atoms with Gasteiger partial charge in [0.05, 0.1) is 23.1 Å². The lowest BCUT2D eigenvalue weighted by atomic mass is 9.85. The van der Waals surface area contributed by atoms with E-state index in [0.29, 0.717) is 23.0 Å². The summed E-state index contributed by atoms with van der Waals surface area (Å²) in [5.74, 6) is -2.24. The molecule has 1 aliphatic carbocycles. The predicted octanol–water partition coefficient (Wildman–Crippen LogP) is 2.60. The molecule has 1 aliphatic heterocycles. The molecule has 1 heterocycles. The van der Waals surface area contributed by atoms with Crippen LogP contribution in [0.25, 0.3) is 0 Å². The van der Waals surface area contributed by atoms with Gasteiger partial charge >= 0.3 is 5.97 Å². The van der Waals surface area contributed by atoms with Crippen LogP contribution < -0.4 is 4.90 Å². The maximum Gasteiger partial charge on any atom is 0.335 e. The highest BCUT2D eigenvalue weighted by Gasteiger charge is 2.47. The van der Waals surface area contributed by atoms with E-state index in [2.05, 4.69) is 15.9 Å². The summed E-state index contributed by atoms with van der Waals surface area (Å²) < 4.78 is 0.519. The van der Waals surface area contributed by atoms with Gasteiger partial charge in [0.1, 0.15) is 0 Å². The first-order chi connectivity index (χ1) is 9.99. The molecule has 1 fully saturated rings. The monoisotopic (exact) mass is 349 g/mol. The molecule has 108 valence electrons. The van der Waals surface area contributed by atoms with Crippen LogP contribution in [0.15, 0.2) is 34.8 Å². The van der Waals surface area contributed by atoms with Crippen molar-refractivity contribution in [1.29, 1.82) is 0 Å². The number of allylic oxidation sites excluding steroid dienone is 2. The minimum Gasteiger partial charge on any atom is -0.478 e. The number of aromatic carboxylic acids is 1. The molecule has 1 saturated heterocycles. The van der Waals surface area contributed by atoms with Crippen LogP contribution in [0.1, 0.15) is 23.2 Å². The lowest BCUT2D eigenvalue weighted by Gasteiger charge is -2.15. The molecule has 0 radical (unpaired) electrons. The zero-order valence-electron chi connectivity index (χ0n) is 11.0. The van der Waals surface area contributed by atoms with Crippen molar-refractivity contribution in [2.75, 3.05) is 4.90 Å². The maximum atomic E-state index is 12.5. The molecule has 0 aromatic heterocycles. The van der Waals surface area contributed by atoms with Gasteiger partial charge in [-0.05, 0) is 31.0 Å². The van der Waals surface area contributed by atoms with Crippen LogP contribution in [0.5, 0.6) is 0 Å². The predicted molar refractivity (Wildman–Crippen MR) is 78.9 cm³/mol. The van der Waals surface area contributed by atoms with Crippen LogP contribution in [0.4, 0.5) is 5.69 Å². The van der Waals surface area contributed by atoms with Crippen molar-refractivity contribution in [1.82, 2.24) is 0 Å². The van der Waals surface area contributed by atoms with Crippen molar-refractivity contribution in [3.8, 4) is 0 Å². The number of carboxylic acid groups (broad SMARTS) is 1. The fraction of sp³-hybridized carbons (Fsp3) is 0.267. The van der Waals surface area contributed by atoms with E-state index in [-0.39, 0.29) is 29.2 Å². The fourth-order valence-electron chi connectivity index (χ4n) is 2.88. The first-order valence-corrected chi connectivity index (χ1v) is 7.35. The third-order valence-corrected chi connectivity index (χ3v) is 4.35.